The summed E-state index contributed by atoms with van der Waals surface area (Å²) in [6.07, 6.45) is 10.1. The van der Waals surface area contributed by atoms with Crippen molar-refractivity contribution in [2.45, 2.75) is 96.7 Å². The van der Waals surface area contributed by atoms with E-state index in [0.717, 1.165) is 25.4 Å². The van der Waals surface area contributed by atoms with Gasteiger partial charge in [-0.2, -0.15) is 0 Å². The van der Waals surface area contributed by atoms with E-state index in [4.69, 9.17) is 4.74 Å². The number of likely N-dealkylation sites (tertiary alicyclic amines) is 1. The summed E-state index contributed by atoms with van der Waals surface area (Å²) in [7, 11) is 0. The molecule has 1 heterocycles. The Bertz CT molecular complexity index is 378. The third-order valence-corrected chi connectivity index (χ3v) is 5.21. The van der Waals surface area contributed by atoms with Crippen molar-refractivity contribution in [1.29, 1.82) is 0 Å². The molecule has 1 N–H and O–H groups in total. The van der Waals surface area contributed by atoms with Crippen LogP contribution in [0.2, 0.25) is 0 Å². The molecular formula is C19H36N2O2. The van der Waals surface area contributed by atoms with Gasteiger partial charge in [0, 0.05) is 25.2 Å². The van der Waals surface area contributed by atoms with Crippen LogP contribution < -0.4 is 5.32 Å². The standard InChI is InChI=1S/C19H36N2O2/c1-5-15-8-6-9-16(12-11-15)20-17-10-7-13-21(14-17)18(22)23-19(2,3)4/h15-17,20H,5-14H2,1-4H3. The minimum absolute atomic E-state index is 0.157. The summed E-state index contributed by atoms with van der Waals surface area (Å²) in [5.41, 5.74) is -0.409. The Labute approximate surface area is 142 Å². The molecule has 4 nitrogen and oxygen atoms in total. The van der Waals surface area contributed by atoms with Gasteiger partial charge in [0.15, 0.2) is 0 Å². The average Bonchev–Trinajstić information content (AvgIpc) is 2.71. The van der Waals surface area contributed by atoms with Crippen molar-refractivity contribution in [3.8, 4) is 0 Å². The maximum Gasteiger partial charge on any atom is 0.410 e. The number of carbonyl (C=O) groups is 1. The lowest BCUT2D eigenvalue weighted by Gasteiger charge is -2.36. The van der Waals surface area contributed by atoms with Gasteiger partial charge in [-0.3, -0.25) is 0 Å². The van der Waals surface area contributed by atoms with E-state index >= 15 is 0 Å². The first-order valence-corrected chi connectivity index (χ1v) is 9.61. The molecule has 0 radical (unpaired) electrons. The van der Waals surface area contributed by atoms with E-state index in [-0.39, 0.29) is 6.09 Å². The fourth-order valence-electron chi connectivity index (χ4n) is 3.89. The lowest BCUT2D eigenvalue weighted by molar-refractivity contribution is 0.0182. The highest BCUT2D eigenvalue weighted by Gasteiger charge is 2.29. The van der Waals surface area contributed by atoms with Crippen molar-refractivity contribution in [1.82, 2.24) is 10.2 Å². The summed E-state index contributed by atoms with van der Waals surface area (Å²) >= 11 is 0. The molecule has 1 amide bonds. The highest BCUT2D eigenvalue weighted by atomic mass is 16.6. The lowest BCUT2D eigenvalue weighted by atomic mass is 9.97. The molecule has 2 aliphatic rings. The number of ether oxygens (including phenoxy) is 1. The van der Waals surface area contributed by atoms with Crippen molar-refractivity contribution in [2.75, 3.05) is 13.1 Å². The summed E-state index contributed by atoms with van der Waals surface area (Å²) in [5, 5.41) is 3.84. The van der Waals surface area contributed by atoms with Crippen molar-refractivity contribution in [2.24, 2.45) is 5.92 Å². The van der Waals surface area contributed by atoms with Crippen LogP contribution in [-0.4, -0.2) is 41.8 Å². The van der Waals surface area contributed by atoms with E-state index in [0.29, 0.717) is 12.1 Å². The second-order valence-electron chi connectivity index (χ2n) is 8.41. The predicted octanol–water partition coefficient (Wildman–Crippen LogP) is 4.33. The second-order valence-corrected chi connectivity index (χ2v) is 8.41. The van der Waals surface area contributed by atoms with Crippen LogP contribution in [0.25, 0.3) is 0 Å². The number of carbonyl (C=O) groups excluding carboxylic acids is 1. The Hall–Kier alpha value is -0.770. The number of hydrogen-bond donors (Lipinski definition) is 1. The van der Waals surface area contributed by atoms with Crippen molar-refractivity contribution >= 4 is 6.09 Å². The molecule has 1 saturated carbocycles. The van der Waals surface area contributed by atoms with Gasteiger partial charge in [0.05, 0.1) is 0 Å². The first-order chi connectivity index (χ1) is 10.9. The van der Waals surface area contributed by atoms with Crippen molar-refractivity contribution < 1.29 is 9.53 Å². The minimum Gasteiger partial charge on any atom is -0.444 e. The van der Waals surface area contributed by atoms with Gasteiger partial charge < -0.3 is 15.0 Å². The Kier molecular flexibility index (Phi) is 6.75. The number of nitrogens with one attached hydrogen (secondary N) is 1. The molecule has 0 aromatic heterocycles. The molecule has 4 heteroatoms. The zero-order valence-corrected chi connectivity index (χ0v) is 15.6. The van der Waals surface area contributed by atoms with Crippen LogP contribution in [-0.2, 0) is 4.74 Å². The normalized spacial score (nSPS) is 29.9. The number of piperidine rings is 1. The maximum absolute atomic E-state index is 12.3. The number of nitrogens with zero attached hydrogens (tertiary/aromatic N) is 1. The third-order valence-electron chi connectivity index (χ3n) is 5.21. The van der Waals surface area contributed by atoms with Crippen LogP contribution in [0.1, 0.15) is 79.1 Å². The molecule has 1 aliphatic carbocycles. The van der Waals surface area contributed by atoms with Gasteiger partial charge in [-0.15, -0.1) is 0 Å². The van der Waals surface area contributed by atoms with E-state index in [1.165, 1.54) is 44.9 Å². The number of amides is 1. The average molecular weight is 325 g/mol. The van der Waals surface area contributed by atoms with Crippen LogP contribution >= 0.6 is 0 Å². The summed E-state index contributed by atoms with van der Waals surface area (Å²) in [5.74, 6) is 0.923. The molecule has 0 bridgehead atoms. The summed E-state index contributed by atoms with van der Waals surface area (Å²) < 4.78 is 5.52. The van der Waals surface area contributed by atoms with Crippen molar-refractivity contribution in [3.63, 3.8) is 0 Å². The zero-order chi connectivity index (χ0) is 16.9. The van der Waals surface area contributed by atoms with Gasteiger partial charge in [0.25, 0.3) is 0 Å². The molecule has 1 saturated heterocycles. The summed E-state index contributed by atoms with van der Waals surface area (Å²) in [6.45, 7) is 9.73. The van der Waals surface area contributed by atoms with E-state index in [1.807, 2.05) is 25.7 Å². The van der Waals surface area contributed by atoms with Gasteiger partial charge in [-0.1, -0.05) is 26.2 Å². The molecular weight excluding hydrogens is 288 g/mol. The third kappa shape index (κ3) is 6.33. The zero-order valence-electron chi connectivity index (χ0n) is 15.6. The molecule has 2 rings (SSSR count). The molecule has 3 unspecified atom stereocenters. The van der Waals surface area contributed by atoms with Gasteiger partial charge in [0.1, 0.15) is 5.60 Å². The largest absolute Gasteiger partial charge is 0.444 e. The van der Waals surface area contributed by atoms with Gasteiger partial charge in [-0.25, -0.2) is 4.79 Å². The molecule has 0 aromatic carbocycles. The van der Waals surface area contributed by atoms with E-state index in [9.17, 15) is 4.79 Å². The highest BCUT2D eigenvalue weighted by molar-refractivity contribution is 5.68. The summed E-state index contributed by atoms with van der Waals surface area (Å²) in [6, 6.07) is 1.06. The molecule has 0 aromatic rings. The van der Waals surface area contributed by atoms with Gasteiger partial charge >= 0.3 is 6.09 Å². The van der Waals surface area contributed by atoms with Crippen LogP contribution in [0, 0.1) is 5.92 Å². The van der Waals surface area contributed by atoms with Crippen LogP contribution in [0.4, 0.5) is 4.79 Å². The molecule has 3 atom stereocenters. The first kappa shape index (κ1) is 18.6. The van der Waals surface area contributed by atoms with Gasteiger partial charge in [0.2, 0.25) is 0 Å². The van der Waals surface area contributed by atoms with Crippen molar-refractivity contribution in [3.05, 3.63) is 0 Å². The SMILES string of the molecule is CCC1CCCC(NC2CCCN(C(=O)OC(C)(C)C)C2)CC1. The van der Waals surface area contributed by atoms with Crippen LogP contribution in [0.5, 0.6) is 0 Å². The summed E-state index contributed by atoms with van der Waals surface area (Å²) in [4.78, 5) is 14.2. The maximum atomic E-state index is 12.3. The van der Waals surface area contributed by atoms with Crippen LogP contribution in [0.3, 0.4) is 0 Å². The minimum atomic E-state index is -0.409. The fourth-order valence-corrected chi connectivity index (χ4v) is 3.89. The highest BCUT2D eigenvalue weighted by Crippen LogP contribution is 2.26. The molecule has 1 aliphatic heterocycles. The Morgan fingerprint density at radius 3 is 2.52 bits per heavy atom. The van der Waals surface area contributed by atoms with Gasteiger partial charge in [-0.05, 0) is 58.8 Å². The predicted molar refractivity (Wildman–Crippen MR) is 94.6 cm³/mol. The molecule has 2 fully saturated rings. The fraction of sp³-hybridized carbons (Fsp3) is 0.947. The monoisotopic (exact) mass is 324 g/mol. The molecule has 134 valence electrons. The quantitative estimate of drug-likeness (QED) is 0.785. The number of hydrogen-bond acceptors (Lipinski definition) is 3. The topological polar surface area (TPSA) is 41.6 Å². The van der Waals surface area contributed by atoms with E-state index in [1.54, 1.807) is 0 Å². The molecule has 23 heavy (non-hydrogen) atoms. The Balaban J connectivity index is 1.80. The Morgan fingerprint density at radius 1 is 1.09 bits per heavy atom. The first-order valence-electron chi connectivity index (χ1n) is 9.61. The molecule has 0 spiro atoms. The van der Waals surface area contributed by atoms with Crippen LogP contribution in [0.15, 0.2) is 0 Å². The number of rotatable bonds is 3. The second kappa shape index (κ2) is 8.36. The smallest absolute Gasteiger partial charge is 0.410 e. The Morgan fingerprint density at radius 2 is 1.83 bits per heavy atom. The lowest BCUT2D eigenvalue weighted by Crippen LogP contribution is -2.51. The van der Waals surface area contributed by atoms with E-state index < -0.39 is 5.60 Å². The van der Waals surface area contributed by atoms with E-state index in [2.05, 4.69) is 12.2 Å².